The predicted octanol–water partition coefficient (Wildman–Crippen LogP) is 6.90. The van der Waals surface area contributed by atoms with Crippen molar-refractivity contribution in [2.45, 2.75) is 30.9 Å². The Morgan fingerprint density at radius 3 is 2.23 bits per heavy atom. The average molecular weight is 593 g/mol. The molecule has 4 aromatic rings. The van der Waals surface area contributed by atoms with Gasteiger partial charge >= 0.3 is 0 Å². The molecule has 0 heterocycles. The van der Waals surface area contributed by atoms with Crippen LogP contribution in [0.4, 0.5) is 17.1 Å². The summed E-state index contributed by atoms with van der Waals surface area (Å²) in [5.74, 6) is -0.967. The molecule has 0 spiro atoms. The minimum atomic E-state index is -0.469. The topological polar surface area (TPSA) is 90.5 Å². The Morgan fingerprint density at radius 2 is 1.53 bits per heavy atom. The highest BCUT2D eigenvalue weighted by Gasteiger charge is 2.18. The van der Waals surface area contributed by atoms with Crippen molar-refractivity contribution in [1.29, 1.82) is 0 Å². The zero-order valence-corrected chi connectivity index (χ0v) is 25.8. The number of nitrogens with one attached hydrogen (secondary N) is 3. The van der Waals surface area contributed by atoms with E-state index >= 15 is 0 Å². The first-order valence-corrected chi connectivity index (χ1v) is 14.8. The van der Waals surface area contributed by atoms with Crippen molar-refractivity contribution in [1.82, 2.24) is 5.32 Å². The van der Waals surface area contributed by atoms with Crippen molar-refractivity contribution < 1.29 is 14.4 Å². The monoisotopic (exact) mass is 592 g/mol. The van der Waals surface area contributed by atoms with Crippen molar-refractivity contribution in [2.75, 3.05) is 29.6 Å². The van der Waals surface area contributed by atoms with Gasteiger partial charge in [0.2, 0.25) is 5.91 Å². The number of aryl methyl sites for hydroxylation is 2. The van der Waals surface area contributed by atoms with Gasteiger partial charge in [0.15, 0.2) is 0 Å². The first-order valence-electron chi connectivity index (χ1n) is 13.9. The Morgan fingerprint density at radius 1 is 0.814 bits per heavy atom. The van der Waals surface area contributed by atoms with Gasteiger partial charge in [0.05, 0.1) is 5.25 Å². The first kappa shape index (κ1) is 31.1. The lowest BCUT2D eigenvalue weighted by Crippen LogP contribution is -2.30. The number of nitrogens with zero attached hydrogens (tertiary/aromatic N) is 1. The van der Waals surface area contributed by atoms with E-state index in [-0.39, 0.29) is 22.8 Å². The molecule has 0 aliphatic rings. The van der Waals surface area contributed by atoms with Gasteiger partial charge in [-0.25, -0.2) is 0 Å². The Kier molecular flexibility index (Phi) is 10.4. The number of carbonyl (C=O) groups is 3. The largest absolute Gasteiger partial charge is 0.378 e. The summed E-state index contributed by atoms with van der Waals surface area (Å²) < 4.78 is 0. The smallest absolute Gasteiger partial charge is 0.272 e. The van der Waals surface area contributed by atoms with E-state index in [1.54, 1.807) is 36.4 Å². The van der Waals surface area contributed by atoms with E-state index in [4.69, 9.17) is 0 Å². The van der Waals surface area contributed by atoms with Gasteiger partial charge in [0.1, 0.15) is 5.70 Å². The normalized spacial score (nSPS) is 11.8. The summed E-state index contributed by atoms with van der Waals surface area (Å²) in [6.07, 6.45) is 1.65. The zero-order valence-electron chi connectivity index (χ0n) is 25.0. The predicted molar refractivity (Wildman–Crippen MR) is 178 cm³/mol. The summed E-state index contributed by atoms with van der Waals surface area (Å²) in [7, 11) is 3.91. The maximum Gasteiger partial charge on any atom is 0.272 e. The molecule has 43 heavy (non-hydrogen) atoms. The van der Waals surface area contributed by atoms with Crippen LogP contribution in [0.3, 0.4) is 0 Å². The van der Waals surface area contributed by atoms with Crippen LogP contribution in [0, 0.1) is 13.8 Å². The minimum absolute atomic E-state index is 0.103. The van der Waals surface area contributed by atoms with Gasteiger partial charge in [-0.3, -0.25) is 14.4 Å². The fourth-order valence-electron chi connectivity index (χ4n) is 4.19. The fourth-order valence-corrected chi connectivity index (χ4v) is 5.11. The lowest BCUT2D eigenvalue weighted by molar-refractivity contribution is -0.115. The summed E-state index contributed by atoms with van der Waals surface area (Å²) in [4.78, 5) is 42.2. The number of hydrogen-bond donors (Lipinski definition) is 3. The molecule has 0 radical (unpaired) electrons. The molecule has 4 aromatic carbocycles. The third-order valence-corrected chi connectivity index (χ3v) is 7.77. The van der Waals surface area contributed by atoms with Gasteiger partial charge < -0.3 is 20.9 Å². The molecule has 1 atom stereocenters. The summed E-state index contributed by atoms with van der Waals surface area (Å²) in [6.45, 7) is 5.79. The number of anilines is 3. The Labute approximate surface area is 257 Å². The van der Waals surface area contributed by atoms with Crippen LogP contribution in [0.25, 0.3) is 6.08 Å². The lowest BCUT2D eigenvalue weighted by Gasteiger charge is -2.15. The van der Waals surface area contributed by atoms with Crippen LogP contribution in [-0.2, 0) is 9.59 Å². The van der Waals surface area contributed by atoms with Gasteiger partial charge in [-0.05, 0) is 92.1 Å². The number of rotatable bonds is 10. The Balaban J connectivity index is 1.49. The number of carbonyl (C=O) groups excluding carboxylic acids is 3. The van der Waals surface area contributed by atoms with E-state index in [2.05, 4.69) is 16.0 Å². The molecular weight excluding hydrogens is 556 g/mol. The molecule has 3 N–H and O–H groups in total. The standard InChI is InChI=1S/C35H36N4O3S/c1-23-14-15-24(2)31(20-23)37-33(40)25(3)43-30-13-9-12-28(22-30)36-35(42)32(38-34(41)27-10-7-6-8-11-27)21-26-16-18-29(19-17-26)39(4)5/h6-22,25H,1-5H3,(H,36,42)(H,37,40)(H,38,41)/b32-21+. The van der Waals surface area contributed by atoms with Crippen molar-refractivity contribution in [3.05, 3.63) is 125 Å². The van der Waals surface area contributed by atoms with Crippen molar-refractivity contribution in [3.63, 3.8) is 0 Å². The Hall–Kier alpha value is -4.82. The molecule has 0 saturated carbocycles. The van der Waals surface area contributed by atoms with Crippen LogP contribution in [0.1, 0.15) is 34.0 Å². The van der Waals surface area contributed by atoms with Crippen LogP contribution < -0.4 is 20.9 Å². The van der Waals surface area contributed by atoms with E-state index in [1.807, 2.05) is 106 Å². The van der Waals surface area contributed by atoms with Gasteiger partial charge in [-0.2, -0.15) is 0 Å². The molecule has 3 amide bonds. The van der Waals surface area contributed by atoms with Crippen molar-refractivity contribution in [3.8, 4) is 0 Å². The van der Waals surface area contributed by atoms with Crippen LogP contribution >= 0.6 is 11.8 Å². The van der Waals surface area contributed by atoms with Crippen LogP contribution in [0.2, 0.25) is 0 Å². The second-order valence-corrected chi connectivity index (χ2v) is 11.8. The van der Waals surface area contributed by atoms with Gasteiger partial charge in [0, 0.05) is 41.6 Å². The first-order chi connectivity index (χ1) is 20.6. The maximum atomic E-state index is 13.5. The van der Waals surface area contributed by atoms with E-state index in [9.17, 15) is 14.4 Å². The molecule has 4 rings (SSSR count). The molecule has 0 saturated heterocycles. The van der Waals surface area contributed by atoms with E-state index in [1.165, 1.54) is 11.8 Å². The molecule has 1 unspecified atom stereocenters. The third-order valence-electron chi connectivity index (χ3n) is 6.67. The third kappa shape index (κ3) is 8.83. The van der Waals surface area contributed by atoms with Gasteiger partial charge in [0.25, 0.3) is 11.8 Å². The van der Waals surface area contributed by atoms with Gasteiger partial charge in [-0.1, -0.05) is 48.5 Å². The van der Waals surface area contributed by atoms with E-state index in [0.717, 1.165) is 33.0 Å². The fraction of sp³-hybridized carbons (Fsp3) is 0.171. The second-order valence-electron chi connectivity index (χ2n) is 10.4. The quantitative estimate of drug-likeness (QED) is 0.138. The average Bonchev–Trinajstić information content (AvgIpc) is 2.99. The minimum Gasteiger partial charge on any atom is -0.378 e. The zero-order chi connectivity index (χ0) is 30.9. The molecular formula is C35H36N4O3S. The highest BCUT2D eigenvalue weighted by Crippen LogP contribution is 2.27. The number of benzene rings is 4. The highest BCUT2D eigenvalue weighted by atomic mass is 32.2. The van der Waals surface area contributed by atoms with E-state index < -0.39 is 5.91 Å². The second kappa shape index (κ2) is 14.4. The van der Waals surface area contributed by atoms with Gasteiger partial charge in [-0.15, -0.1) is 11.8 Å². The van der Waals surface area contributed by atoms with E-state index in [0.29, 0.717) is 11.3 Å². The van der Waals surface area contributed by atoms with Crippen molar-refractivity contribution in [2.24, 2.45) is 0 Å². The molecule has 8 heteroatoms. The summed E-state index contributed by atoms with van der Waals surface area (Å²) in [5, 5.41) is 8.31. The van der Waals surface area contributed by atoms with Crippen LogP contribution in [-0.4, -0.2) is 37.1 Å². The maximum absolute atomic E-state index is 13.5. The number of amides is 3. The Bertz CT molecular complexity index is 1630. The molecule has 0 bridgehead atoms. The van der Waals surface area contributed by atoms with Crippen LogP contribution in [0.15, 0.2) is 108 Å². The lowest BCUT2D eigenvalue weighted by atomic mass is 10.1. The summed E-state index contributed by atoms with van der Waals surface area (Å²) in [6, 6.07) is 29.6. The molecule has 0 aliphatic carbocycles. The highest BCUT2D eigenvalue weighted by molar-refractivity contribution is 8.00. The molecule has 0 aromatic heterocycles. The van der Waals surface area contributed by atoms with Crippen LogP contribution in [0.5, 0.6) is 0 Å². The number of hydrogen-bond acceptors (Lipinski definition) is 5. The summed E-state index contributed by atoms with van der Waals surface area (Å²) in [5.41, 5.74) is 5.73. The summed E-state index contributed by atoms with van der Waals surface area (Å²) >= 11 is 1.39. The van der Waals surface area contributed by atoms with Crippen molar-refractivity contribution >= 4 is 52.6 Å². The molecule has 7 nitrogen and oxygen atoms in total. The SMILES string of the molecule is Cc1ccc(C)c(NC(=O)C(C)Sc2cccc(NC(=O)/C(=C\c3ccc(N(C)C)cc3)NC(=O)c3ccccc3)c2)c1. The molecule has 220 valence electrons. The molecule has 0 aliphatic heterocycles. The number of thioether (sulfide) groups is 1. The molecule has 0 fully saturated rings.